The molecule has 0 bridgehead atoms. The van der Waals surface area contributed by atoms with Crippen LogP contribution in [0.15, 0.2) is 4.99 Å². The second-order valence-corrected chi connectivity index (χ2v) is 6.65. The highest BCUT2D eigenvalue weighted by molar-refractivity contribution is 14.0. The van der Waals surface area contributed by atoms with Crippen molar-refractivity contribution in [3.05, 3.63) is 0 Å². The lowest BCUT2D eigenvalue weighted by atomic mass is 10.2. The third-order valence-corrected chi connectivity index (χ3v) is 4.39. The zero-order chi connectivity index (χ0) is 18.8. The number of carbonyl (C=O) groups is 2. The van der Waals surface area contributed by atoms with Gasteiger partial charge in [-0.05, 0) is 27.2 Å². The summed E-state index contributed by atoms with van der Waals surface area (Å²) in [5.74, 6) is 1.10. The number of hydrogen-bond acceptors (Lipinski definition) is 3. The van der Waals surface area contributed by atoms with Crippen LogP contribution in [-0.4, -0.2) is 72.9 Å². The van der Waals surface area contributed by atoms with Gasteiger partial charge in [0.05, 0.1) is 6.54 Å². The summed E-state index contributed by atoms with van der Waals surface area (Å²) in [6, 6.07) is 0.207. The fourth-order valence-electron chi connectivity index (χ4n) is 2.95. The SMILES string of the molecule is CCNC(=NCCC(=O)N(CC)CC)NC1CCN(C(=O)C(C)C)C1.I. The van der Waals surface area contributed by atoms with Crippen LogP contribution in [0.5, 0.6) is 0 Å². The van der Waals surface area contributed by atoms with E-state index < -0.39 is 0 Å². The van der Waals surface area contributed by atoms with Crippen LogP contribution in [0.3, 0.4) is 0 Å². The molecule has 1 aliphatic rings. The molecule has 26 heavy (non-hydrogen) atoms. The van der Waals surface area contributed by atoms with E-state index in [0.29, 0.717) is 19.5 Å². The maximum absolute atomic E-state index is 12.1. The average Bonchev–Trinajstić information content (AvgIpc) is 3.03. The highest BCUT2D eigenvalue weighted by Gasteiger charge is 2.27. The number of nitrogens with one attached hydrogen (secondary N) is 2. The number of guanidine groups is 1. The van der Waals surface area contributed by atoms with E-state index in [1.165, 1.54) is 0 Å². The smallest absolute Gasteiger partial charge is 0.225 e. The minimum absolute atomic E-state index is 0. The van der Waals surface area contributed by atoms with Crippen LogP contribution in [0.4, 0.5) is 0 Å². The summed E-state index contributed by atoms with van der Waals surface area (Å²) < 4.78 is 0. The fraction of sp³-hybridized carbons (Fsp3) is 0.833. The van der Waals surface area contributed by atoms with Gasteiger partial charge in [0.25, 0.3) is 0 Å². The number of halogens is 1. The molecule has 7 nitrogen and oxygen atoms in total. The molecule has 1 heterocycles. The minimum atomic E-state index is 0. The van der Waals surface area contributed by atoms with Crippen molar-refractivity contribution in [3.63, 3.8) is 0 Å². The summed E-state index contributed by atoms with van der Waals surface area (Å²) >= 11 is 0. The highest BCUT2D eigenvalue weighted by atomic mass is 127. The molecule has 2 N–H and O–H groups in total. The number of nitrogens with zero attached hydrogens (tertiary/aromatic N) is 3. The topological polar surface area (TPSA) is 77.0 Å². The highest BCUT2D eigenvalue weighted by Crippen LogP contribution is 2.12. The zero-order valence-electron chi connectivity index (χ0n) is 16.9. The van der Waals surface area contributed by atoms with Crippen molar-refractivity contribution in [1.29, 1.82) is 0 Å². The molecule has 0 spiro atoms. The molecule has 1 unspecified atom stereocenters. The van der Waals surface area contributed by atoms with Crippen LogP contribution in [0.2, 0.25) is 0 Å². The fourth-order valence-corrected chi connectivity index (χ4v) is 2.95. The van der Waals surface area contributed by atoms with Gasteiger partial charge in [-0.25, -0.2) is 0 Å². The Morgan fingerprint density at radius 1 is 1.23 bits per heavy atom. The van der Waals surface area contributed by atoms with Crippen molar-refractivity contribution in [2.24, 2.45) is 10.9 Å². The van der Waals surface area contributed by atoms with Gasteiger partial charge in [0.2, 0.25) is 11.8 Å². The maximum atomic E-state index is 12.1. The van der Waals surface area contributed by atoms with Crippen LogP contribution in [-0.2, 0) is 9.59 Å². The van der Waals surface area contributed by atoms with Gasteiger partial charge in [-0.1, -0.05) is 13.8 Å². The average molecular weight is 481 g/mol. The Morgan fingerprint density at radius 3 is 2.42 bits per heavy atom. The van der Waals surface area contributed by atoms with E-state index in [0.717, 1.165) is 38.6 Å². The monoisotopic (exact) mass is 481 g/mol. The van der Waals surface area contributed by atoms with Crippen LogP contribution in [0, 0.1) is 5.92 Å². The Bertz CT molecular complexity index is 466. The molecule has 0 aliphatic carbocycles. The standard InChI is InChI=1S/C18H35N5O2.HI/c1-6-19-18(20-11-9-16(24)22(7-2)8-3)21-15-10-12-23(13-15)17(25)14(4)5;/h14-15H,6-13H2,1-5H3,(H2,19,20,21);1H. The van der Waals surface area contributed by atoms with E-state index in [2.05, 4.69) is 15.6 Å². The molecular formula is C18H36IN5O2. The van der Waals surface area contributed by atoms with Crippen molar-refractivity contribution in [2.45, 2.75) is 53.5 Å². The Kier molecular flexibility index (Phi) is 12.6. The van der Waals surface area contributed by atoms with Crippen LogP contribution < -0.4 is 10.6 Å². The summed E-state index contributed by atoms with van der Waals surface area (Å²) in [4.78, 5) is 32.4. The second-order valence-electron chi connectivity index (χ2n) is 6.65. The van der Waals surface area contributed by atoms with Gasteiger partial charge in [0.15, 0.2) is 5.96 Å². The largest absolute Gasteiger partial charge is 0.357 e. The van der Waals surface area contributed by atoms with Crippen LogP contribution in [0.25, 0.3) is 0 Å². The molecule has 1 aliphatic heterocycles. The van der Waals surface area contributed by atoms with E-state index >= 15 is 0 Å². The molecule has 8 heteroatoms. The lowest BCUT2D eigenvalue weighted by molar-refractivity contribution is -0.133. The van der Waals surface area contributed by atoms with Gasteiger partial charge in [-0.15, -0.1) is 24.0 Å². The first kappa shape index (κ1) is 24.9. The number of aliphatic imine (C=N–C) groups is 1. The van der Waals surface area contributed by atoms with Gasteiger partial charge in [-0.3, -0.25) is 14.6 Å². The zero-order valence-corrected chi connectivity index (χ0v) is 19.2. The Balaban J connectivity index is 0.00000625. The molecule has 1 fully saturated rings. The molecule has 0 saturated carbocycles. The quantitative estimate of drug-likeness (QED) is 0.314. The molecule has 1 atom stereocenters. The number of likely N-dealkylation sites (tertiary alicyclic amines) is 1. The van der Waals surface area contributed by atoms with Crippen LogP contribution >= 0.6 is 24.0 Å². The molecular weight excluding hydrogens is 445 g/mol. The normalized spacial score (nSPS) is 17.1. The van der Waals surface area contributed by atoms with Gasteiger partial charge < -0.3 is 20.4 Å². The summed E-state index contributed by atoms with van der Waals surface area (Å²) in [7, 11) is 0. The summed E-state index contributed by atoms with van der Waals surface area (Å²) in [5, 5.41) is 6.61. The van der Waals surface area contributed by atoms with Gasteiger partial charge in [0, 0.05) is 51.1 Å². The first-order chi connectivity index (χ1) is 11.9. The van der Waals surface area contributed by atoms with Crippen molar-refractivity contribution in [1.82, 2.24) is 20.4 Å². The molecule has 0 radical (unpaired) electrons. The maximum Gasteiger partial charge on any atom is 0.225 e. The van der Waals surface area contributed by atoms with Crippen LogP contribution in [0.1, 0.15) is 47.5 Å². The van der Waals surface area contributed by atoms with E-state index in [1.54, 1.807) is 0 Å². The third-order valence-electron chi connectivity index (χ3n) is 4.39. The Hall–Kier alpha value is -1.06. The molecule has 1 saturated heterocycles. The molecule has 0 aromatic rings. The van der Waals surface area contributed by atoms with Crippen molar-refractivity contribution in [3.8, 4) is 0 Å². The number of amides is 2. The first-order valence-electron chi connectivity index (χ1n) is 9.54. The number of rotatable bonds is 8. The molecule has 0 aromatic heterocycles. The number of hydrogen-bond donors (Lipinski definition) is 2. The lowest BCUT2D eigenvalue weighted by Gasteiger charge is -2.20. The summed E-state index contributed by atoms with van der Waals surface area (Å²) in [6.45, 7) is 14.0. The van der Waals surface area contributed by atoms with Gasteiger partial charge >= 0.3 is 0 Å². The van der Waals surface area contributed by atoms with E-state index in [9.17, 15) is 9.59 Å². The van der Waals surface area contributed by atoms with Crippen molar-refractivity contribution < 1.29 is 9.59 Å². The summed E-state index contributed by atoms with van der Waals surface area (Å²) in [6.07, 6.45) is 1.34. The minimum Gasteiger partial charge on any atom is -0.357 e. The number of carbonyl (C=O) groups excluding carboxylic acids is 2. The van der Waals surface area contributed by atoms with E-state index in [-0.39, 0.29) is 47.8 Å². The van der Waals surface area contributed by atoms with E-state index in [1.807, 2.05) is 44.4 Å². The molecule has 1 rings (SSSR count). The van der Waals surface area contributed by atoms with Crippen molar-refractivity contribution in [2.75, 3.05) is 39.3 Å². The predicted molar refractivity (Wildman–Crippen MR) is 117 cm³/mol. The Morgan fingerprint density at radius 2 is 1.88 bits per heavy atom. The molecule has 152 valence electrons. The van der Waals surface area contributed by atoms with E-state index in [4.69, 9.17) is 0 Å². The van der Waals surface area contributed by atoms with Gasteiger partial charge in [0.1, 0.15) is 0 Å². The second kappa shape index (κ2) is 13.2. The van der Waals surface area contributed by atoms with Gasteiger partial charge in [-0.2, -0.15) is 0 Å². The lowest BCUT2D eigenvalue weighted by Crippen LogP contribution is -2.45. The molecule has 0 aromatic carbocycles. The summed E-state index contributed by atoms with van der Waals surface area (Å²) in [5.41, 5.74) is 0. The predicted octanol–water partition coefficient (Wildman–Crippen LogP) is 1.67. The first-order valence-corrected chi connectivity index (χ1v) is 9.54. The van der Waals surface area contributed by atoms with Crippen molar-refractivity contribution >= 4 is 41.8 Å². The Labute approximate surface area is 175 Å². The third kappa shape index (κ3) is 8.09. The molecule has 2 amide bonds.